The topological polar surface area (TPSA) is 49.3 Å². The van der Waals surface area contributed by atoms with E-state index in [1.54, 1.807) is 0 Å². The van der Waals surface area contributed by atoms with Crippen LogP contribution in [0.15, 0.2) is 24.3 Å². The first-order chi connectivity index (χ1) is 12.8. The molecule has 0 bridgehead atoms. The molecule has 5 rings (SSSR count). The highest BCUT2D eigenvalue weighted by Crippen LogP contribution is 2.40. The zero-order chi connectivity index (χ0) is 17.5. The fourth-order valence-corrected chi connectivity index (χ4v) is 4.94. The number of amides is 1. The van der Waals surface area contributed by atoms with Crippen molar-refractivity contribution in [3.63, 3.8) is 0 Å². The number of benzene rings is 1. The predicted octanol–water partition coefficient (Wildman–Crippen LogP) is 3.22. The third kappa shape index (κ3) is 3.11. The van der Waals surface area contributed by atoms with Crippen molar-refractivity contribution in [1.29, 1.82) is 0 Å². The molecule has 1 aromatic heterocycles. The second kappa shape index (κ2) is 6.65. The number of anilines is 1. The summed E-state index contributed by atoms with van der Waals surface area (Å²) in [5, 5.41) is 1.01. The minimum atomic E-state index is 0.0855. The fraction of sp³-hybridized carbons (Fsp3) is 0.550. The summed E-state index contributed by atoms with van der Waals surface area (Å²) >= 11 is 1.50. The van der Waals surface area contributed by atoms with Gasteiger partial charge in [-0.2, -0.15) is 4.37 Å². The number of hydrogen-bond donors (Lipinski definition) is 0. The standard InChI is InChI=1S/C20H24N4OS/c25-19(23-11-9-14-4-1-2-5-16(14)12-23)17-6-3-10-24(13-17)20-21-18(22-26-20)15-7-8-15/h1-2,4-5,15,17H,3,6-13H2. The van der Waals surface area contributed by atoms with E-state index in [4.69, 9.17) is 4.98 Å². The van der Waals surface area contributed by atoms with Gasteiger partial charge in [0.25, 0.3) is 0 Å². The van der Waals surface area contributed by atoms with Crippen LogP contribution in [-0.4, -0.2) is 39.8 Å². The molecule has 0 radical (unpaired) electrons. The quantitative estimate of drug-likeness (QED) is 0.835. The molecule has 136 valence electrons. The van der Waals surface area contributed by atoms with Crippen LogP contribution in [0.4, 0.5) is 5.13 Å². The Bertz CT molecular complexity index is 816. The van der Waals surface area contributed by atoms with Crippen LogP contribution in [0.2, 0.25) is 0 Å². The molecule has 1 unspecified atom stereocenters. The Kier molecular flexibility index (Phi) is 4.15. The molecule has 3 aliphatic rings. The van der Waals surface area contributed by atoms with E-state index in [0.29, 0.717) is 11.8 Å². The van der Waals surface area contributed by atoms with Gasteiger partial charge in [0, 0.05) is 43.6 Å². The van der Waals surface area contributed by atoms with Crippen LogP contribution in [0.5, 0.6) is 0 Å². The monoisotopic (exact) mass is 368 g/mol. The maximum atomic E-state index is 13.1. The highest BCUT2D eigenvalue weighted by atomic mass is 32.1. The van der Waals surface area contributed by atoms with E-state index in [0.717, 1.165) is 56.4 Å². The molecule has 5 nitrogen and oxygen atoms in total. The van der Waals surface area contributed by atoms with Gasteiger partial charge in [0.15, 0.2) is 0 Å². The van der Waals surface area contributed by atoms with Gasteiger partial charge in [0.05, 0.1) is 5.92 Å². The van der Waals surface area contributed by atoms with Gasteiger partial charge in [0.2, 0.25) is 11.0 Å². The molecule has 2 aromatic rings. The Labute approximate surface area is 158 Å². The van der Waals surface area contributed by atoms with Gasteiger partial charge in [-0.15, -0.1) is 0 Å². The summed E-state index contributed by atoms with van der Waals surface area (Å²) in [6, 6.07) is 8.50. The maximum absolute atomic E-state index is 13.1. The lowest BCUT2D eigenvalue weighted by Gasteiger charge is -2.36. The molecule has 26 heavy (non-hydrogen) atoms. The molecular weight excluding hydrogens is 344 g/mol. The van der Waals surface area contributed by atoms with E-state index in [2.05, 4.69) is 38.4 Å². The first-order valence-electron chi connectivity index (χ1n) is 9.72. The van der Waals surface area contributed by atoms with E-state index in [-0.39, 0.29) is 5.92 Å². The molecule has 1 atom stereocenters. The second-order valence-corrected chi connectivity index (χ2v) is 8.50. The molecule has 1 amide bonds. The van der Waals surface area contributed by atoms with Crippen LogP contribution in [-0.2, 0) is 17.8 Å². The zero-order valence-electron chi connectivity index (χ0n) is 14.9. The van der Waals surface area contributed by atoms with Gasteiger partial charge < -0.3 is 9.80 Å². The first kappa shape index (κ1) is 16.2. The molecule has 6 heteroatoms. The summed E-state index contributed by atoms with van der Waals surface area (Å²) in [7, 11) is 0. The van der Waals surface area contributed by atoms with Crippen molar-refractivity contribution in [3.05, 3.63) is 41.2 Å². The highest BCUT2D eigenvalue weighted by molar-refractivity contribution is 7.09. The molecule has 2 fully saturated rings. The van der Waals surface area contributed by atoms with Crippen molar-refractivity contribution in [2.24, 2.45) is 5.92 Å². The van der Waals surface area contributed by atoms with E-state index < -0.39 is 0 Å². The molecule has 2 aliphatic heterocycles. The van der Waals surface area contributed by atoms with Crippen molar-refractivity contribution in [3.8, 4) is 0 Å². The van der Waals surface area contributed by atoms with Crippen LogP contribution in [0.3, 0.4) is 0 Å². The molecule has 1 saturated heterocycles. The summed E-state index contributed by atoms with van der Waals surface area (Å²) in [5.41, 5.74) is 2.70. The van der Waals surface area contributed by atoms with Gasteiger partial charge in [-0.3, -0.25) is 4.79 Å². The number of fused-ring (bicyclic) bond motifs is 1. The molecule has 1 aromatic carbocycles. The van der Waals surface area contributed by atoms with Gasteiger partial charge in [-0.05, 0) is 43.2 Å². The Morgan fingerprint density at radius 2 is 1.96 bits per heavy atom. The van der Waals surface area contributed by atoms with Crippen molar-refractivity contribution in [2.45, 2.75) is 44.6 Å². The summed E-state index contributed by atoms with van der Waals surface area (Å²) in [6.07, 6.45) is 5.47. The third-order valence-electron chi connectivity index (χ3n) is 5.86. The summed E-state index contributed by atoms with van der Waals surface area (Å²) in [4.78, 5) is 22.2. The molecular formula is C20H24N4OS. The lowest BCUT2D eigenvalue weighted by Crippen LogP contribution is -2.46. The minimum absolute atomic E-state index is 0.0855. The van der Waals surface area contributed by atoms with Gasteiger partial charge >= 0.3 is 0 Å². The average Bonchev–Trinajstić information content (AvgIpc) is 3.44. The van der Waals surface area contributed by atoms with Crippen LogP contribution in [0.25, 0.3) is 0 Å². The Morgan fingerprint density at radius 3 is 2.81 bits per heavy atom. The van der Waals surface area contributed by atoms with Crippen LogP contribution in [0.1, 0.15) is 48.6 Å². The van der Waals surface area contributed by atoms with E-state index in [9.17, 15) is 4.79 Å². The van der Waals surface area contributed by atoms with Crippen molar-refractivity contribution < 1.29 is 4.79 Å². The average molecular weight is 369 g/mol. The number of aromatic nitrogens is 2. The Balaban J connectivity index is 1.26. The lowest BCUT2D eigenvalue weighted by atomic mass is 9.94. The molecule has 1 aliphatic carbocycles. The molecule has 0 spiro atoms. The lowest BCUT2D eigenvalue weighted by molar-refractivity contribution is -0.136. The number of carbonyl (C=O) groups excluding carboxylic acids is 1. The van der Waals surface area contributed by atoms with Crippen molar-refractivity contribution >= 4 is 22.6 Å². The zero-order valence-corrected chi connectivity index (χ0v) is 15.7. The Morgan fingerprint density at radius 1 is 1.12 bits per heavy atom. The molecule has 3 heterocycles. The van der Waals surface area contributed by atoms with Crippen LogP contribution in [0, 0.1) is 5.92 Å². The van der Waals surface area contributed by atoms with Crippen molar-refractivity contribution in [1.82, 2.24) is 14.3 Å². The third-order valence-corrected chi connectivity index (χ3v) is 6.65. The number of carbonyl (C=O) groups is 1. The summed E-state index contributed by atoms with van der Waals surface area (Å²) in [5.74, 6) is 2.01. The van der Waals surface area contributed by atoms with Crippen LogP contribution >= 0.6 is 11.5 Å². The van der Waals surface area contributed by atoms with Crippen molar-refractivity contribution in [2.75, 3.05) is 24.5 Å². The summed E-state index contributed by atoms with van der Waals surface area (Å²) < 4.78 is 4.53. The smallest absolute Gasteiger partial charge is 0.227 e. The second-order valence-electron chi connectivity index (χ2n) is 7.77. The van der Waals surface area contributed by atoms with E-state index in [1.807, 2.05) is 0 Å². The van der Waals surface area contributed by atoms with E-state index >= 15 is 0 Å². The largest absolute Gasteiger partial charge is 0.346 e. The summed E-state index contributed by atoms with van der Waals surface area (Å²) in [6.45, 7) is 3.38. The SMILES string of the molecule is O=C(C1CCCN(c2nc(C3CC3)ns2)C1)N1CCc2ccccc2C1. The molecule has 1 saturated carbocycles. The normalized spacial score (nSPS) is 23.0. The first-order valence-corrected chi connectivity index (χ1v) is 10.5. The number of nitrogens with zero attached hydrogens (tertiary/aromatic N) is 4. The maximum Gasteiger partial charge on any atom is 0.227 e. The minimum Gasteiger partial charge on any atom is -0.346 e. The fourth-order valence-electron chi connectivity index (χ4n) is 4.16. The number of hydrogen-bond acceptors (Lipinski definition) is 5. The van der Waals surface area contributed by atoms with Gasteiger partial charge in [-0.1, -0.05) is 24.3 Å². The Hall–Kier alpha value is -1.95. The van der Waals surface area contributed by atoms with Gasteiger partial charge in [-0.25, -0.2) is 4.98 Å². The predicted molar refractivity (Wildman–Crippen MR) is 102 cm³/mol. The molecule has 0 N–H and O–H groups in total. The van der Waals surface area contributed by atoms with Crippen LogP contribution < -0.4 is 4.90 Å². The van der Waals surface area contributed by atoms with Gasteiger partial charge in [0.1, 0.15) is 5.82 Å². The number of piperidine rings is 1. The number of rotatable bonds is 3. The van der Waals surface area contributed by atoms with E-state index in [1.165, 1.54) is 35.5 Å². The highest BCUT2D eigenvalue weighted by Gasteiger charge is 2.33.